The number of methoxy groups -OCH3 is 1. The smallest absolute Gasteiger partial charge is 0.345 e. The fourth-order valence-corrected chi connectivity index (χ4v) is 2.70. The first kappa shape index (κ1) is 14.2. The second-order valence-corrected chi connectivity index (χ2v) is 5.08. The number of carbonyl (C=O) groups excluding carboxylic acids is 1. The normalized spacial score (nSPS) is 17.5. The highest BCUT2D eigenvalue weighted by Gasteiger charge is 2.31. The Labute approximate surface area is 127 Å². The molecule has 1 amide bonds. The minimum absolute atomic E-state index is 0.102. The number of nitrogens with one attached hydrogen (secondary N) is 1. The fourth-order valence-electron chi connectivity index (χ4n) is 2.70. The lowest BCUT2D eigenvalue weighted by Gasteiger charge is -2.24. The van der Waals surface area contributed by atoms with Gasteiger partial charge < -0.3 is 14.6 Å². The maximum Gasteiger partial charge on any atom is 0.345 e. The van der Waals surface area contributed by atoms with Crippen molar-refractivity contribution in [2.75, 3.05) is 13.7 Å². The molecule has 3 rings (SSSR count). The number of nitrogens with zero attached hydrogens (tertiary/aromatic N) is 3. The highest BCUT2D eigenvalue weighted by atomic mass is 16.5. The molecule has 22 heavy (non-hydrogen) atoms. The fraction of sp³-hybridized carbons (Fsp3) is 0.333. The molecule has 0 unspecified atom stereocenters. The average Bonchev–Trinajstić information content (AvgIpc) is 3.04. The molecule has 0 bridgehead atoms. The van der Waals surface area contributed by atoms with Crippen LogP contribution in [0.2, 0.25) is 0 Å². The molecule has 1 aliphatic heterocycles. The van der Waals surface area contributed by atoms with Gasteiger partial charge in [-0.3, -0.25) is 4.79 Å². The molecule has 0 aliphatic carbocycles. The Morgan fingerprint density at radius 2 is 2.23 bits per heavy atom. The van der Waals surface area contributed by atoms with Crippen LogP contribution in [0, 0.1) is 0 Å². The average molecular weight is 300 g/mol. The van der Waals surface area contributed by atoms with Gasteiger partial charge in [0.05, 0.1) is 18.7 Å². The van der Waals surface area contributed by atoms with Crippen molar-refractivity contribution in [1.82, 2.24) is 19.9 Å². The van der Waals surface area contributed by atoms with Gasteiger partial charge >= 0.3 is 5.69 Å². The van der Waals surface area contributed by atoms with Crippen LogP contribution >= 0.6 is 0 Å². The van der Waals surface area contributed by atoms with E-state index in [4.69, 9.17) is 4.74 Å². The molecule has 0 radical (unpaired) electrons. The summed E-state index contributed by atoms with van der Waals surface area (Å²) in [7, 11) is 1.53. The van der Waals surface area contributed by atoms with E-state index < -0.39 is 5.69 Å². The molecule has 0 spiro atoms. The van der Waals surface area contributed by atoms with Gasteiger partial charge in [-0.1, -0.05) is 0 Å². The maximum absolute atomic E-state index is 12.7. The molecule has 1 atom stereocenters. The Morgan fingerprint density at radius 3 is 2.91 bits per heavy atom. The quantitative estimate of drug-likeness (QED) is 0.918. The molecule has 0 aromatic carbocycles. The van der Waals surface area contributed by atoms with Crippen LogP contribution in [0.15, 0.2) is 35.4 Å². The van der Waals surface area contributed by atoms with Gasteiger partial charge in [-0.25, -0.2) is 14.8 Å². The number of likely N-dealkylation sites (tertiary alicyclic amines) is 1. The van der Waals surface area contributed by atoms with Crippen molar-refractivity contribution in [1.29, 1.82) is 0 Å². The van der Waals surface area contributed by atoms with Gasteiger partial charge in [-0.15, -0.1) is 0 Å². The summed E-state index contributed by atoms with van der Waals surface area (Å²) in [5.74, 6) is 0.364. The van der Waals surface area contributed by atoms with Gasteiger partial charge in [0.25, 0.3) is 5.91 Å². The van der Waals surface area contributed by atoms with E-state index in [0.29, 0.717) is 23.7 Å². The molecule has 2 aromatic heterocycles. The number of amides is 1. The van der Waals surface area contributed by atoms with Gasteiger partial charge in [0, 0.05) is 30.7 Å². The lowest BCUT2D eigenvalue weighted by molar-refractivity contribution is 0.0732. The summed E-state index contributed by atoms with van der Waals surface area (Å²) in [6, 6.07) is 4.96. The van der Waals surface area contributed by atoms with Gasteiger partial charge in [0.1, 0.15) is 0 Å². The third kappa shape index (κ3) is 2.69. The van der Waals surface area contributed by atoms with Crippen LogP contribution in [0.4, 0.5) is 0 Å². The van der Waals surface area contributed by atoms with E-state index in [2.05, 4.69) is 15.0 Å². The van der Waals surface area contributed by atoms with E-state index in [0.717, 1.165) is 12.8 Å². The third-order valence-electron chi connectivity index (χ3n) is 3.76. The van der Waals surface area contributed by atoms with Crippen LogP contribution in [0.5, 0.6) is 5.88 Å². The topological polar surface area (TPSA) is 88.2 Å². The summed E-state index contributed by atoms with van der Waals surface area (Å²) >= 11 is 0. The van der Waals surface area contributed by atoms with Gasteiger partial charge in [-0.2, -0.15) is 0 Å². The molecule has 7 nitrogen and oxygen atoms in total. The lowest BCUT2D eigenvalue weighted by atomic mass is 10.1. The number of H-pyrrole nitrogens is 1. The minimum atomic E-state index is -0.400. The van der Waals surface area contributed by atoms with Gasteiger partial charge in [0.2, 0.25) is 5.88 Å². The highest BCUT2D eigenvalue weighted by Crippen LogP contribution is 2.31. The number of aromatic nitrogens is 3. The Balaban J connectivity index is 1.85. The predicted octanol–water partition coefficient (Wildman–Crippen LogP) is 1.15. The molecule has 7 heteroatoms. The number of aromatic amines is 1. The van der Waals surface area contributed by atoms with Crippen molar-refractivity contribution >= 4 is 5.91 Å². The summed E-state index contributed by atoms with van der Waals surface area (Å²) < 4.78 is 5.00. The molecule has 1 aliphatic rings. The molecular formula is C15H16N4O3. The molecule has 1 N–H and O–H groups in total. The lowest BCUT2D eigenvalue weighted by Crippen LogP contribution is -2.32. The number of rotatable bonds is 3. The molecule has 2 aromatic rings. The van der Waals surface area contributed by atoms with Gasteiger partial charge in [0.15, 0.2) is 0 Å². The van der Waals surface area contributed by atoms with E-state index in [1.807, 2.05) is 0 Å². The number of ether oxygens (including phenoxy) is 1. The minimum Gasteiger partial charge on any atom is -0.481 e. The zero-order valence-electron chi connectivity index (χ0n) is 12.2. The zero-order valence-corrected chi connectivity index (χ0v) is 12.2. The van der Waals surface area contributed by atoms with Gasteiger partial charge in [-0.05, 0) is 25.0 Å². The monoisotopic (exact) mass is 300 g/mol. The standard InChI is InChI=1S/C15H16N4O3/c1-22-13-5-4-10(9-17-13)14(20)19-8-2-3-12(19)11-6-7-16-15(21)18-11/h4-7,9,12H,2-3,8H2,1H3,(H,16,18,21)/t12-/m1/s1. The van der Waals surface area contributed by atoms with Crippen LogP contribution in [0.1, 0.15) is 34.9 Å². The molecule has 1 saturated heterocycles. The Bertz CT molecular complexity index is 726. The summed E-state index contributed by atoms with van der Waals surface area (Å²) in [4.78, 5) is 36.2. The summed E-state index contributed by atoms with van der Waals surface area (Å²) in [5, 5.41) is 0. The molecule has 1 fully saturated rings. The highest BCUT2D eigenvalue weighted by molar-refractivity contribution is 5.94. The maximum atomic E-state index is 12.7. The van der Waals surface area contributed by atoms with Crippen LogP contribution in [0.3, 0.4) is 0 Å². The third-order valence-corrected chi connectivity index (χ3v) is 3.76. The summed E-state index contributed by atoms with van der Waals surface area (Å²) in [5.41, 5.74) is 0.819. The van der Waals surface area contributed by atoms with E-state index in [9.17, 15) is 9.59 Å². The Kier molecular flexibility index (Phi) is 3.86. The van der Waals surface area contributed by atoms with Crippen molar-refractivity contribution < 1.29 is 9.53 Å². The number of hydrogen-bond donors (Lipinski definition) is 1. The molecule has 114 valence electrons. The molecular weight excluding hydrogens is 284 g/mol. The predicted molar refractivity (Wildman–Crippen MR) is 78.7 cm³/mol. The summed E-state index contributed by atoms with van der Waals surface area (Å²) in [6.07, 6.45) is 4.68. The van der Waals surface area contributed by atoms with Crippen LogP contribution in [0.25, 0.3) is 0 Å². The Morgan fingerprint density at radius 1 is 1.36 bits per heavy atom. The summed E-state index contributed by atoms with van der Waals surface area (Å²) in [6.45, 7) is 0.653. The molecule has 0 saturated carbocycles. The second-order valence-electron chi connectivity index (χ2n) is 5.08. The first-order valence-electron chi connectivity index (χ1n) is 7.05. The molecule has 3 heterocycles. The van der Waals surface area contributed by atoms with Crippen molar-refractivity contribution in [3.8, 4) is 5.88 Å². The largest absolute Gasteiger partial charge is 0.481 e. The van der Waals surface area contributed by atoms with E-state index in [-0.39, 0.29) is 11.9 Å². The SMILES string of the molecule is COc1ccc(C(=O)N2CCC[C@@H]2c2ccnc(=O)[nH]2)cn1. The number of carbonyl (C=O) groups is 1. The second kappa shape index (κ2) is 5.97. The van der Waals surface area contributed by atoms with Crippen molar-refractivity contribution in [3.05, 3.63) is 52.3 Å². The number of hydrogen-bond acceptors (Lipinski definition) is 5. The van der Waals surface area contributed by atoms with E-state index in [1.54, 1.807) is 23.1 Å². The van der Waals surface area contributed by atoms with Crippen LogP contribution < -0.4 is 10.4 Å². The Hall–Kier alpha value is -2.70. The number of pyridine rings is 1. The van der Waals surface area contributed by atoms with E-state index >= 15 is 0 Å². The van der Waals surface area contributed by atoms with E-state index in [1.165, 1.54) is 19.5 Å². The van der Waals surface area contributed by atoms with Crippen molar-refractivity contribution in [2.45, 2.75) is 18.9 Å². The van der Waals surface area contributed by atoms with Crippen molar-refractivity contribution in [2.24, 2.45) is 0 Å². The van der Waals surface area contributed by atoms with Crippen molar-refractivity contribution in [3.63, 3.8) is 0 Å². The van der Waals surface area contributed by atoms with Crippen LogP contribution in [-0.4, -0.2) is 39.4 Å². The first-order valence-corrected chi connectivity index (χ1v) is 7.05. The first-order chi connectivity index (χ1) is 10.7. The zero-order chi connectivity index (χ0) is 15.5. The van der Waals surface area contributed by atoms with Crippen LogP contribution in [-0.2, 0) is 0 Å².